The lowest BCUT2D eigenvalue weighted by molar-refractivity contribution is -0.123. The number of rotatable bonds is 6. The summed E-state index contributed by atoms with van der Waals surface area (Å²) >= 11 is 0. The molecule has 4 nitrogen and oxygen atoms in total. The highest BCUT2D eigenvalue weighted by Gasteiger charge is 2.25. The normalized spacial score (nSPS) is 18.4. The number of aryl methyl sites for hydroxylation is 1. The Bertz CT molecular complexity index is 450. The van der Waals surface area contributed by atoms with Gasteiger partial charge >= 0.3 is 0 Å². The standard InChI is InChI=1S/C17H26N2O2/c1-13(19-11-9-15(10-12-19)17(18)20)3-4-14-5-7-16(21-2)8-6-14/h5-8,13,15H,3-4,9-12H2,1-2H3,(H2,18,20)/t13-/m1/s1. The molecule has 4 heteroatoms. The SMILES string of the molecule is COc1ccc(CC[C@@H](C)N2CCC(C(N)=O)CC2)cc1. The van der Waals surface area contributed by atoms with Gasteiger partial charge in [0.15, 0.2) is 0 Å². The fourth-order valence-electron chi connectivity index (χ4n) is 2.98. The molecule has 1 aromatic carbocycles. The molecule has 0 saturated carbocycles. The fourth-order valence-corrected chi connectivity index (χ4v) is 2.98. The first-order valence-electron chi connectivity index (χ1n) is 7.76. The Morgan fingerprint density at radius 3 is 2.48 bits per heavy atom. The molecule has 0 radical (unpaired) electrons. The van der Waals surface area contributed by atoms with Crippen molar-refractivity contribution in [1.82, 2.24) is 4.90 Å². The van der Waals surface area contributed by atoms with Gasteiger partial charge in [0.2, 0.25) is 5.91 Å². The number of methoxy groups -OCH3 is 1. The summed E-state index contributed by atoms with van der Waals surface area (Å²) in [5, 5.41) is 0. The fraction of sp³-hybridized carbons (Fsp3) is 0.588. The minimum Gasteiger partial charge on any atom is -0.497 e. The number of nitrogens with two attached hydrogens (primary N) is 1. The molecule has 0 aliphatic carbocycles. The number of amides is 1. The van der Waals surface area contributed by atoms with Crippen molar-refractivity contribution in [1.29, 1.82) is 0 Å². The number of likely N-dealkylation sites (tertiary alicyclic amines) is 1. The molecule has 21 heavy (non-hydrogen) atoms. The predicted molar refractivity (Wildman–Crippen MR) is 84.3 cm³/mol. The maximum Gasteiger partial charge on any atom is 0.220 e. The van der Waals surface area contributed by atoms with E-state index in [2.05, 4.69) is 24.0 Å². The van der Waals surface area contributed by atoms with Crippen LogP contribution in [0.4, 0.5) is 0 Å². The predicted octanol–water partition coefficient (Wildman–Crippen LogP) is 2.21. The second-order valence-electron chi connectivity index (χ2n) is 5.95. The molecular formula is C17H26N2O2. The molecule has 1 heterocycles. The molecule has 0 unspecified atom stereocenters. The molecule has 1 atom stereocenters. The van der Waals surface area contributed by atoms with Crippen LogP contribution in [0.1, 0.15) is 31.7 Å². The largest absolute Gasteiger partial charge is 0.497 e. The summed E-state index contributed by atoms with van der Waals surface area (Å²) in [6, 6.07) is 8.83. The van der Waals surface area contributed by atoms with Gasteiger partial charge in [0.25, 0.3) is 0 Å². The molecule has 2 rings (SSSR count). The number of primary amides is 1. The number of carbonyl (C=O) groups excluding carboxylic acids is 1. The van der Waals surface area contributed by atoms with Crippen molar-refractivity contribution in [3.05, 3.63) is 29.8 Å². The second-order valence-corrected chi connectivity index (χ2v) is 5.95. The van der Waals surface area contributed by atoms with Gasteiger partial charge < -0.3 is 15.4 Å². The summed E-state index contributed by atoms with van der Waals surface area (Å²) in [4.78, 5) is 13.7. The molecule has 1 aliphatic rings. The van der Waals surface area contributed by atoms with Gasteiger partial charge in [0.1, 0.15) is 5.75 Å². The van der Waals surface area contributed by atoms with E-state index in [0.29, 0.717) is 6.04 Å². The molecule has 2 N–H and O–H groups in total. The smallest absolute Gasteiger partial charge is 0.220 e. The number of piperidine rings is 1. The van der Waals surface area contributed by atoms with Crippen LogP contribution in [0.15, 0.2) is 24.3 Å². The van der Waals surface area contributed by atoms with Gasteiger partial charge in [-0.25, -0.2) is 0 Å². The third-order valence-corrected chi connectivity index (χ3v) is 4.57. The maximum absolute atomic E-state index is 11.2. The highest BCUT2D eigenvalue weighted by Crippen LogP contribution is 2.21. The van der Waals surface area contributed by atoms with Crippen molar-refractivity contribution in [3.63, 3.8) is 0 Å². The minimum atomic E-state index is -0.138. The molecule has 0 aromatic heterocycles. The number of hydrogen-bond donors (Lipinski definition) is 1. The molecule has 0 spiro atoms. The average Bonchev–Trinajstić information content (AvgIpc) is 2.53. The molecule has 1 fully saturated rings. The molecular weight excluding hydrogens is 264 g/mol. The van der Waals surface area contributed by atoms with Crippen LogP contribution in [-0.4, -0.2) is 37.0 Å². The Labute approximate surface area is 127 Å². The lowest BCUT2D eigenvalue weighted by Gasteiger charge is -2.35. The Morgan fingerprint density at radius 1 is 1.33 bits per heavy atom. The molecule has 1 saturated heterocycles. The number of carbonyl (C=O) groups is 1. The molecule has 0 bridgehead atoms. The highest BCUT2D eigenvalue weighted by atomic mass is 16.5. The van der Waals surface area contributed by atoms with E-state index >= 15 is 0 Å². The first-order valence-corrected chi connectivity index (χ1v) is 7.76. The summed E-state index contributed by atoms with van der Waals surface area (Å²) < 4.78 is 5.17. The quantitative estimate of drug-likeness (QED) is 0.874. The third-order valence-electron chi connectivity index (χ3n) is 4.57. The Kier molecular flexibility index (Phi) is 5.62. The number of nitrogens with zero attached hydrogens (tertiary/aromatic N) is 1. The number of ether oxygens (including phenoxy) is 1. The molecule has 116 valence electrons. The van der Waals surface area contributed by atoms with Gasteiger partial charge in [-0.1, -0.05) is 12.1 Å². The zero-order valence-corrected chi connectivity index (χ0v) is 13.0. The van der Waals surface area contributed by atoms with Crippen LogP contribution in [0.3, 0.4) is 0 Å². The summed E-state index contributed by atoms with van der Waals surface area (Å²) in [5.41, 5.74) is 6.72. The summed E-state index contributed by atoms with van der Waals surface area (Å²) in [7, 11) is 1.69. The summed E-state index contributed by atoms with van der Waals surface area (Å²) in [6.07, 6.45) is 4.01. The zero-order chi connectivity index (χ0) is 15.2. The molecule has 1 amide bonds. The lowest BCUT2D eigenvalue weighted by Crippen LogP contribution is -2.43. The van der Waals surface area contributed by atoms with Crippen molar-refractivity contribution in [2.75, 3.05) is 20.2 Å². The van der Waals surface area contributed by atoms with Gasteiger partial charge in [-0.05, 0) is 63.4 Å². The minimum absolute atomic E-state index is 0.0787. The third kappa shape index (κ3) is 4.46. The van der Waals surface area contributed by atoms with Crippen molar-refractivity contribution < 1.29 is 9.53 Å². The van der Waals surface area contributed by atoms with E-state index in [4.69, 9.17) is 10.5 Å². The van der Waals surface area contributed by atoms with Gasteiger partial charge in [-0.2, -0.15) is 0 Å². The Hall–Kier alpha value is -1.55. The maximum atomic E-state index is 11.2. The monoisotopic (exact) mass is 290 g/mol. The Balaban J connectivity index is 1.76. The summed E-state index contributed by atoms with van der Waals surface area (Å²) in [6.45, 7) is 4.24. The van der Waals surface area contributed by atoms with E-state index in [9.17, 15) is 4.79 Å². The van der Waals surface area contributed by atoms with Gasteiger partial charge in [0.05, 0.1) is 7.11 Å². The van der Waals surface area contributed by atoms with E-state index in [1.54, 1.807) is 7.11 Å². The lowest BCUT2D eigenvalue weighted by atomic mass is 9.94. The van der Waals surface area contributed by atoms with Crippen LogP contribution in [0.25, 0.3) is 0 Å². The zero-order valence-electron chi connectivity index (χ0n) is 13.0. The van der Waals surface area contributed by atoms with E-state index in [1.807, 2.05) is 12.1 Å². The van der Waals surface area contributed by atoms with Gasteiger partial charge in [-0.3, -0.25) is 4.79 Å². The topological polar surface area (TPSA) is 55.6 Å². The summed E-state index contributed by atoms with van der Waals surface area (Å²) in [5.74, 6) is 0.843. The molecule has 1 aliphatic heterocycles. The molecule has 1 aromatic rings. The van der Waals surface area contributed by atoms with Gasteiger partial charge in [0, 0.05) is 12.0 Å². The number of hydrogen-bond acceptors (Lipinski definition) is 3. The van der Waals surface area contributed by atoms with Crippen LogP contribution in [-0.2, 0) is 11.2 Å². The van der Waals surface area contributed by atoms with E-state index in [-0.39, 0.29) is 11.8 Å². The van der Waals surface area contributed by atoms with E-state index < -0.39 is 0 Å². The van der Waals surface area contributed by atoms with Crippen LogP contribution < -0.4 is 10.5 Å². The van der Waals surface area contributed by atoms with Crippen molar-refractivity contribution in [3.8, 4) is 5.75 Å². The van der Waals surface area contributed by atoms with Crippen LogP contribution in [0.5, 0.6) is 5.75 Å². The first kappa shape index (κ1) is 15.8. The second kappa shape index (κ2) is 7.46. The first-order chi connectivity index (χ1) is 10.1. The average molecular weight is 290 g/mol. The van der Waals surface area contributed by atoms with Crippen LogP contribution in [0, 0.1) is 5.92 Å². The van der Waals surface area contributed by atoms with Crippen LogP contribution in [0.2, 0.25) is 0 Å². The van der Waals surface area contributed by atoms with Crippen LogP contribution >= 0.6 is 0 Å². The Morgan fingerprint density at radius 2 is 1.95 bits per heavy atom. The highest BCUT2D eigenvalue weighted by molar-refractivity contribution is 5.76. The van der Waals surface area contributed by atoms with Crippen molar-refractivity contribution in [2.24, 2.45) is 11.7 Å². The van der Waals surface area contributed by atoms with Crippen molar-refractivity contribution in [2.45, 2.75) is 38.6 Å². The number of benzene rings is 1. The van der Waals surface area contributed by atoms with Gasteiger partial charge in [-0.15, -0.1) is 0 Å². The van der Waals surface area contributed by atoms with E-state index in [0.717, 1.165) is 44.5 Å². The van der Waals surface area contributed by atoms with E-state index in [1.165, 1.54) is 5.56 Å². The van der Waals surface area contributed by atoms with Crippen molar-refractivity contribution >= 4 is 5.91 Å².